The lowest BCUT2D eigenvalue weighted by atomic mass is 10.3. The van der Waals surface area contributed by atoms with E-state index < -0.39 is 0 Å². The van der Waals surface area contributed by atoms with Crippen molar-refractivity contribution in [3.8, 4) is 0 Å². The maximum absolute atomic E-state index is 5.64. The molecule has 0 bridgehead atoms. The Balaban J connectivity index is 1.76. The molecule has 2 heterocycles. The molecule has 0 aliphatic rings. The zero-order valence-corrected chi connectivity index (χ0v) is 12.4. The summed E-state index contributed by atoms with van der Waals surface area (Å²) in [4.78, 5) is 4.75. The van der Waals surface area contributed by atoms with Crippen molar-refractivity contribution in [2.75, 3.05) is 5.73 Å². The van der Waals surface area contributed by atoms with Gasteiger partial charge in [0.15, 0.2) is 0 Å². The molecule has 0 aliphatic heterocycles. The molecule has 0 unspecified atom stereocenters. The molecule has 5 nitrogen and oxygen atoms in total. The van der Waals surface area contributed by atoms with Crippen LogP contribution in [0.25, 0.3) is 11.0 Å². The molecule has 1 aromatic carbocycles. The molecule has 5 heteroatoms. The van der Waals surface area contributed by atoms with E-state index in [1.807, 2.05) is 23.0 Å². The third kappa shape index (κ3) is 2.91. The molecule has 21 heavy (non-hydrogen) atoms. The van der Waals surface area contributed by atoms with Crippen LogP contribution in [0.2, 0.25) is 0 Å². The summed E-state index contributed by atoms with van der Waals surface area (Å²) < 4.78 is 4.24. The summed E-state index contributed by atoms with van der Waals surface area (Å²) in [6, 6.07) is 10.2. The van der Waals surface area contributed by atoms with Gasteiger partial charge in [-0.05, 0) is 31.0 Å². The van der Waals surface area contributed by atoms with E-state index in [9.17, 15) is 0 Å². The minimum atomic E-state index is 0.578. The Bertz CT molecular complexity index is 725. The maximum Gasteiger partial charge on any atom is 0.145 e. The summed E-state index contributed by atoms with van der Waals surface area (Å²) in [6.07, 6.45) is 5.06. The molecule has 0 aliphatic carbocycles. The number of nitrogens with two attached hydrogens (primary N) is 1. The normalized spacial score (nSPS) is 11.3. The molecule has 0 fully saturated rings. The van der Waals surface area contributed by atoms with Gasteiger partial charge < -0.3 is 10.3 Å². The molecule has 2 N–H and O–H groups in total. The molecule has 3 aromatic rings. The number of imidazole rings is 1. The molecule has 0 amide bonds. The van der Waals surface area contributed by atoms with Crippen molar-refractivity contribution in [3.05, 3.63) is 42.4 Å². The van der Waals surface area contributed by atoms with Gasteiger partial charge in [-0.2, -0.15) is 5.10 Å². The lowest BCUT2D eigenvalue weighted by Crippen LogP contribution is -2.08. The number of fused-ring (bicyclic) bond motifs is 1. The number of benzene rings is 1. The van der Waals surface area contributed by atoms with Crippen LogP contribution in [0.3, 0.4) is 0 Å². The van der Waals surface area contributed by atoms with Crippen LogP contribution in [0.1, 0.15) is 25.6 Å². The van der Waals surface area contributed by atoms with Crippen LogP contribution in [0.5, 0.6) is 0 Å². The smallest absolute Gasteiger partial charge is 0.145 e. The highest BCUT2D eigenvalue weighted by Gasteiger charge is 2.09. The number of hydrogen-bond acceptors (Lipinski definition) is 3. The van der Waals surface area contributed by atoms with Gasteiger partial charge in [0, 0.05) is 25.7 Å². The van der Waals surface area contributed by atoms with Crippen molar-refractivity contribution in [2.24, 2.45) is 0 Å². The highest BCUT2D eigenvalue weighted by Crippen LogP contribution is 2.17. The van der Waals surface area contributed by atoms with Gasteiger partial charge in [0.25, 0.3) is 0 Å². The van der Waals surface area contributed by atoms with Crippen LogP contribution in [0.15, 0.2) is 36.5 Å². The van der Waals surface area contributed by atoms with Crippen molar-refractivity contribution in [1.29, 1.82) is 0 Å². The van der Waals surface area contributed by atoms with E-state index in [1.165, 1.54) is 11.3 Å². The fraction of sp³-hybridized carbons (Fsp3) is 0.375. The first-order valence-corrected chi connectivity index (χ1v) is 7.51. The molecular formula is C16H21N5. The zero-order chi connectivity index (χ0) is 14.7. The van der Waals surface area contributed by atoms with Gasteiger partial charge in [-0.25, -0.2) is 4.98 Å². The predicted molar refractivity (Wildman–Crippen MR) is 85.0 cm³/mol. The lowest BCUT2D eigenvalue weighted by Gasteiger charge is -2.09. The first kappa shape index (κ1) is 13.7. The Hall–Kier alpha value is -2.30. The second-order valence-electron chi connectivity index (χ2n) is 5.28. The minimum Gasteiger partial charge on any atom is -0.382 e. The topological polar surface area (TPSA) is 61.7 Å². The molecule has 0 saturated carbocycles. The van der Waals surface area contributed by atoms with Crippen molar-refractivity contribution in [3.63, 3.8) is 0 Å². The standard InChI is InChI=1S/C16H21N5/c1-2-6-16-18-13-7-3-4-8-14(13)21(16)11-5-10-20-12-9-15(17)19-20/h3-4,7-9,12H,2,5-6,10-11H2,1H3,(H2,17,19). The van der Waals surface area contributed by atoms with E-state index in [2.05, 4.69) is 34.8 Å². The second kappa shape index (κ2) is 5.99. The predicted octanol–water partition coefficient (Wildman–Crippen LogP) is 2.86. The molecule has 0 radical (unpaired) electrons. The third-order valence-electron chi connectivity index (χ3n) is 3.64. The fourth-order valence-electron chi connectivity index (χ4n) is 2.68. The number of aryl methyl sites for hydroxylation is 3. The van der Waals surface area contributed by atoms with Gasteiger partial charge in [0.1, 0.15) is 11.6 Å². The Labute approximate surface area is 124 Å². The number of aromatic nitrogens is 4. The van der Waals surface area contributed by atoms with Crippen LogP contribution in [-0.2, 0) is 19.5 Å². The van der Waals surface area contributed by atoms with E-state index in [4.69, 9.17) is 10.7 Å². The lowest BCUT2D eigenvalue weighted by molar-refractivity contribution is 0.523. The van der Waals surface area contributed by atoms with Crippen molar-refractivity contribution >= 4 is 16.9 Å². The number of hydrogen-bond donors (Lipinski definition) is 1. The Kier molecular flexibility index (Phi) is 3.90. The summed E-state index contributed by atoms with van der Waals surface area (Å²) in [7, 11) is 0. The average Bonchev–Trinajstić information content (AvgIpc) is 3.04. The summed E-state index contributed by atoms with van der Waals surface area (Å²) in [5.41, 5.74) is 7.95. The number of nitrogen functional groups attached to an aromatic ring is 1. The molecule has 3 rings (SSSR count). The van der Waals surface area contributed by atoms with Crippen LogP contribution in [0, 0.1) is 0 Å². The fourth-order valence-corrected chi connectivity index (χ4v) is 2.68. The van der Waals surface area contributed by atoms with Crippen molar-refractivity contribution < 1.29 is 0 Å². The number of para-hydroxylation sites is 2. The SMILES string of the molecule is CCCc1nc2ccccc2n1CCCn1ccc(N)n1. The largest absolute Gasteiger partial charge is 0.382 e. The van der Waals surface area contributed by atoms with Crippen LogP contribution >= 0.6 is 0 Å². The van der Waals surface area contributed by atoms with Gasteiger partial charge in [-0.1, -0.05) is 19.1 Å². The zero-order valence-electron chi connectivity index (χ0n) is 12.4. The first-order chi connectivity index (χ1) is 10.3. The average molecular weight is 283 g/mol. The van der Waals surface area contributed by atoms with Gasteiger partial charge in [0.2, 0.25) is 0 Å². The van der Waals surface area contributed by atoms with E-state index in [-0.39, 0.29) is 0 Å². The van der Waals surface area contributed by atoms with E-state index in [0.29, 0.717) is 5.82 Å². The number of rotatable bonds is 6. The van der Waals surface area contributed by atoms with E-state index >= 15 is 0 Å². The highest BCUT2D eigenvalue weighted by molar-refractivity contribution is 5.75. The van der Waals surface area contributed by atoms with Crippen LogP contribution in [0.4, 0.5) is 5.82 Å². The van der Waals surface area contributed by atoms with Gasteiger partial charge in [-0.15, -0.1) is 0 Å². The first-order valence-electron chi connectivity index (χ1n) is 7.51. The molecule has 0 saturated heterocycles. The third-order valence-corrected chi connectivity index (χ3v) is 3.64. The second-order valence-corrected chi connectivity index (χ2v) is 5.28. The molecular weight excluding hydrogens is 262 g/mol. The Morgan fingerprint density at radius 2 is 2.00 bits per heavy atom. The number of nitrogens with zero attached hydrogens (tertiary/aromatic N) is 4. The monoisotopic (exact) mass is 283 g/mol. The van der Waals surface area contributed by atoms with Gasteiger partial charge in [-0.3, -0.25) is 4.68 Å². The van der Waals surface area contributed by atoms with E-state index in [1.54, 1.807) is 0 Å². The summed E-state index contributed by atoms with van der Waals surface area (Å²) >= 11 is 0. The van der Waals surface area contributed by atoms with Gasteiger partial charge >= 0.3 is 0 Å². The summed E-state index contributed by atoms with van der Waals surface area (Å²) in [6.45, 7) is 4.01. The Morgan fingerprint density at radius 1 is 1.14 bits per heavy atom. The number of anilines is 1. The maximum atomic E-state index is 5.64. The quantitative estimate of drug-likeness (QED) is 0.756. The minimum absolute atomic E-state index is 0.578. The molecule has 0 spiro atoms. The Morgan fingerprint density at radius 3 is 2.76 bits per heavy atom. The van der Waals surface area contributed by atoms with Crippen LogP contribution in [-0.4, -0.2) is 19.3 Å². The summed E-state index contributed by atoms with van der Waals surface area (Å²) in [5, 5.41) is 4.22. The molecule has 110 valence electrons. The van der Waals surface area contributed by atoms with Crippen LogP contribution < -0.4 is 5.73 Å². The van der Waals surface area contributed by atoms with Crippen molar-refractivity contribution in [2.45, 2.75) is 39.3 Å². The highest BCUT2D eigenvalue weighted by atomic mass is 15.3. The molecule has 2 aromatic heterocycles. The molecule has 0 atom stereocenters. The van der Waals surface area contributed by atoms with Crippen molar-refractivity contribution in [1.82, 2.24) is 19.3 Å². The van der Waals surface area contributed by atoms with E-state index in [0.717, 1.165) is 37.9 Å². The summed E-state index contributed by atoms with van der Waals surface area (Å²) in [5.74, 6) is 1.76. The van der Waals surface area contributed by atoms with Gasteiger partial charge in [0.05, 0.1) is 11.0 Å².